The van der Waals surface area contributed by atoms with Crippen molar-refractivity contribution in [2.24, 2.45) is 0 Å². The van der Waals surface area contributed by atoms with Crippen LogP contribution in [0.5, 0.6) is 0 Å². The molecule has 0 fully saturated rings. The first kappa shape index (κ1) is 15.9. The molecule has 0 saturated heterocycles. The smallest absolute Gasteiger partial charge is 0.376 e. The lowest BCUT2D eigenvalue weighted by Crippen LogP contribution is -2.10. The molecule has 0 unspecified atom stereocenters. The minimum atomic E-state index is -0.563. The Bertz CT molecular complexity index is 451. The highest BCUT2D eigenvalue weighted by Gasteiger charge is 2.09. The van der Waals surface area contributed by atoms with E-state index in [9.17, 15) is 9.59 Å². The molecule has 0 bridgehead atoms. The number of hydrogen-bond donors (Lipinski definition) is 1. The van der Waals surface area contributed by atoms with Gasteiger partial charge in [0.05, 0.1) is 14.2 Å². The van der Waals surface area contributed by atoms with Gasteiger partial charge in [0.15, 0.2) is 0 Å². The van der Waals surface area contributed by atoms with Crippen LogP contribution in [-0.2, 0) is 14.3 Å². The summed E-state index contributed by atoms with van der Waals surface area (Å²) in [6.07, 6.45) is 4.55. The van der Waals surface area contributed by atoms with Crippen molar-refractivity contribution in [3.8, 4) is 0 Å². The Labute approximate surface area is 117 Å². The summed E-state index contributed by atoms with van der Waals surface area (Å²) in [5.41, 5.74) is 0. The second-order valence-electron chi connectivity index (χ2n) is 4.07. The van der Waals surface area contributed by atoms with Crippen LogP contribution in [-0.4, -0.2) is 42.7 Å². The lowest BCUT2D eigenvalue weighted by molar-refractivity contribution is -0.140. The molecule has 1 N–H and O–H groups in total. The Morgan fingerprint density at radius 1 is 1.20 bits per heavy atom. The van der Waals surface area contributed by atoms with Gasteiger partial charge in [-0.2, -0.15) is 0 Å². The van der Waals surface area contributed by atoms with Gasteiger partial charge in [0.25, 0.3) is 0 Å². The minimum Gasteiger partial charge on any atom is -0.469 e. The Kier molecular flexibility index (Phi) is 7.02. The molecule has 0 aliphatic carbocycles. The van der Waals surface area contributed by atoms with E-state index < -0.39 is 5.97 Å². The number of hydrogen-bond acceptors (Lipinski definition) is 7. The van der Waals surface area contributed by atoms with E-state index in [0.717, 1.165) is 19.3 Å². The number of esters is 2. The molecule has 1 heterocycles. The Hall–Kier alpha value is -2.18. The number of rotatable bonds is 8. The molecular weight excluding hydrogens is 262 g/mol. The van der Waals surface area contributed by atoms with Gasteiger partial charge in [-0.15, -0.1) is 0 Å². The molecule has 0 aromatic carbocycles. The molecule has 0 spiro atoms. The number of unbranched alkanes of at least 4 members (excludes halogenated alkanes) is 2. The maximum Gasteiger partial charge on any atom is 0.376 e. The SMILES string of the molecule is COC(=O)CCCCCNc1ccnc(C(=O)OC)n1. The summed E-state index contributed by atoms with van der Waals surface area (Å²) in [7, 11) is 2.67. The first-order valence-corrected chi connectivity index (χ1v) is 6.39. The maximum atomic E-state index is 11.3. The molecule has 0 radical (unpaired) electrons. The van der Waals surface area contributed by atoms with Crippen LogP contribution >= 0.6 is 0 Å². The van der Waals surface area contributed by atoms with Crippen molar-refractivity contribution in [3.63, 3.8) is 0 Å². The van der Waals surface area contributed by atoms with Crippen molar-refractivity contribution in [3.05, 3.63) is 18.1 Å². The predicted octanol–water partition coefficient (Wildman–Crippen LogP) is 1.41. The second-order valence-corrected chi connectivity index (χ2v) is 4.07. The quantitative estimate of drug-likeness (QED) is 0.569. The molecule has 20 heavy (non-hydrogen) atoms. The van der Waals surface area contributed by atoms with E-state index in [4.69, 9.17) is 0 Å². The van der Waals surface area contributed by atoms with Crippen LogP contribution in [0, 0.1) is 0 Å². The Balaban J connectivity index is 2.25. The van der Waals surface area contributed by atoms with Crippen LogP contribution in [0.25, 0.3) is 0 Å². The predicted molar refractivity (Wildman–Crippen MR) is 72.3 cm³/mol. The average molecular weight is 281 g/mol. The van der Waals surface area contributed by atoms with E-state index in [1.165, 1.54) is 20.4 Å². The van der Waals surface area contributed by atoms with E-state index in [1.54, 1.807) is 6.07 Å². The van der Waals surface area contributed by atoms with Gasteiger partial charge in [0.1, 0.15) is 5.82 Å². The van der Waals surface area contributed by atoms with E-state index in [0.29, 0.717) is 18.8 Å². The van der Waals surface area contributed by atoms with Crippen molar-refractivity contribution in [2.75, 3.05) is 26.1 Å². The summed E-state index contributed by atoms with van der Waals surface area (Å²) >= 11 is 0. The van der Waals surface area contributed by atoms with Crippen molar-refractivity contribution >= 4 is 17.8 Å². The average Bonchev–Trinajstić information content (AvgIpc) is 2.49. The molecule has 1 rings (SSSR count). The first-order valence-electron chi connectivity index (χ1n) is 6.39. The van der Waals surface area contributed by atoms with Crippen molar-refractivity contribution < 1.29 is 19.1 Å². The standard InChI is InChI=1S/C13H19N3O4/c1-19-11(17)6-4-3-5-8-14-10-7-9-15-12(16-10)13(18)20-2/h7,9H,3-6,8H2,1-2H3,(H,14,15,16). The molecule has 0 aliphatic rings. The number of nitrogens with zero attached hydrogens (tertiary/aromatic N) is 2. The van der Waals surface area contributed by atoms with Gasteiger partial charge in [-0.05, 0) is 18.9 Å². The largest absolute Gasteiger partial charge is 0.469 e. The number of carbonyl (C=O) groups is 2. The third kappa shape index (κ3) is 5.64. The number of ether oxygens (including phenoxy) is 2. The van der Waals surface area contributed by atoms with E-state index in [1.807, 2.05) is 0 Å². The Morgan fingerprint density at radius 2 is 2.00 bits per heavy atom. The molecule has 1 aromatic rings. The van der Waals surface area contributed by atoms with Crippen LogP contribution in [0.4, 0.5) is 5.82 Å². The molecule has 0 saturated carbocycles. The summed E-state index contributed by atoms with van der Waals surface area (Å²) in [5, 5.41) is 3.09. The van der Waals surface area contributed by atoms with Gasteiger partial charge in [-0.25, -0.2) is 14.8 Å². The number of anilines is 1. The van der Waals surface area contributed by atoms with E-state index in [-0.39, 0.29) is 11.8 Å². The summed E-state index contributed by atoms with van der Waals surface area (Å²) in [6, 6.07) is 1.68. The van der Waals surface area contributed by atoms with E-state index >= 15 is 0 Å². The van der Waals surface area contributed by atoms with Gasteiger partial charge < -0.3 is 14.8 Å². The molecular formula is C13H19N3O4. The van der Waals surface area contributed by atoms with Crippen LogP contribution < -0.4 is 5.32 Å². The zero-order valence-corrected chi connectivity index (χ0v) is 11.7. The molecule has 110 valence electrons. The molecule has 7 nitrogen and oxygen atoms in total. The maximum absolute atomic E-state index is 11.3. The third-order valence-electron chi connectivity index (χ3n) is 2.62. The highest BCUT2D eigenvalue weighted by molar-refractivity contribution is 5.85. The summed E-state index contributed by atoms with van der Waals surface area (Å²) in [4.78, 5) is 30.0. The molecule has 0 aliphatic heterocycles. The number of nitrogens with one attached hydrogen (secondary N) is 1. The van der Waals surface area contributed by atoms with Crippen LogP contribution in [0.15, 0.2) is 12.3 Å². The number of carbonyl (C=O) groups excluding carboxylic acids is 2. The van der Waals surface area contributed by atoms with Crippen LogP contribution in [0.1, 0.15) is 36.3 Å². The van der Waals surface area contributed by atoms with E-state index in [2.05, 4.69) is 24.8 Å². The van der Waals surface area contributed by atoms with Gasteiger partial charge in [-0.1, -0.05) is 6.42 Å². The first-order chi connectivity index (χ1) is 9.67. The fraction of sp³-hybridized carbons (Fsp3) is 0.538. The topological polar surface area (TPSA) is 90.4 Å². The lowest BCUT2D eigenvalue weighted by Gasteiger charge is -2.06. The lowest BCUT2D eigenvalue weighted by atomic mass is 10.2. The molecule has 0 atom stereocenters. The third-order valence-corrected chi connectivity index (χ3v) is 2.62. The Morgan fingerprint density at radius 3 is 2.70 bits per heavy atom. The normalized spacial score (nSPS) is 9.90. The van der Waals surface area contributed by atoms with Crippen LogP contribution in [0.3, 0.4) is 0 Å². The van der Waals surface area contributed by atoms with Crippen molar-refractivity contribution in [1.29, 1.82) is 0 Å². The fourth-order valence-electron chi connectivity index (χ4n) is 1.54. The highest BCUT2D eigenvalue weighted by Crippen LogP contribution is 2.05. The van der Waals surface area contributed by atoms with Gasteiger partial charge >= 0.3 is 11.9 Å². The van der Waals surface area contributed by atoms with Gasteiger partial charge in [0, 0.05) is 19.2 Å². The van der Waals surface area contributed by atoms with Crippen molar-refractivity contribution in [1.82, 2.24) is 9.97 Å². The van der Waals surface area contributed by atoms with Gasteiger partial charge in [-0.3, -0.25) is 4.79 Å². The van der Waals surface area contributed by atoms with Crippen molar-refractivity contribution in [2.45, 2.75) is 25.7 Å². The monoisotopic (exact) mass is 281 g/mol. The molecule has 1 aromatic heterocycles. The van der Waals surface area contributed by atoms with Crippen LogP contribution in [0.2, 0.25) is 0 Å². The summed E-state index contributed by atoms with van der Waals surface area (Å²) in [6.45, 7) is 0.707. The van der Waals surface area contributed by atoms with Gasteiger partial charge in [0.2, 0.25) is 5.82 Å². The zero-order chi connectivity index (χ0) is 14.8. The summed E-state index contributed by atoms with van der Waals surface area (Å²) in [5.74, 6) is -0.139. The summed E-state index contributed by atoms with van der Waals surface area (Å²) < 4.78 is 9.10. The molecule has 0 amide bonds. The number of methoxy groups -OCH3 is 2. The number of aromatic nitrogens is 2. The minimum absolute atomic E-state index is 0.0307. The second kappa shape index (κ2) is 8.84. The molecule has 7 heteroatoms. The highest BCUT2D eigenvalue weighted by atomic mass is 16.5. The fourth-order valence-corrected chi connectivity index (χ4v) is 1.54. The zero-order valence-electron chi connectivity index (χ0n) is 11.7.